The third kappa shape index (κ3) is 5.66. The molecule has 0 unspecified atom stereocenters. The average Bonchev–Trinajstić information content (AvgIpc) is 3.61. The summed E-state index contributed by atoms with van der Waals surface area (Å²) in [7, 11) is 0. The van der Waals surface area contributed by atoms with Crippen LogP contribution in [0.5, 0.6) is 0 Å². The van der Waals surface area contributed by atoms with Crippen molar-refractivity contribution in [1.29, 1.82) is 0 Å². The Kier molecular flexibility index (Phi) is 7.78. The first-order valence-electron chi connectivity index (χ1n) is 19.3. The fraction of sp³-hybridized carbons (Fsp3) is 0. The van der Waals surface area contributed by atoms with Gasteiger partial charge >= 0.3 is 0 Å². The highest BCUT2D eigenvalue weighted by molar-refractivity contribution is 6.15. The van der Waals surface area contributed by atoms with Gasteiger partial charge in [-0.25, -0.2) is 15.0 Å². The molecule has 0 saturated carbocycles. The van der Waals surface area contributed by atoms with E-state index in [0.29, 0.717) is 17.5 Å². The van der Waals surface area contributed by atoms with Gasteiger partial charge in [0.25, 0.3) is 0 Å². The average molecular weight is 727 g/mol. The van der Waals surface area contributed by atoms with E-state index >= 15 is 0 Å². The number of nitrogens with zero attached hydrogens (tertiary/aromatic N) is 4. The Morgan fingerprint density at radius 3 is 1.56 bits per heavy atom. The fourth-order valence-corrected chi connectivity index (χ4v) is 8.32. The molecule has 0 aliphatic rings. The lowest BCUT2D eigenvalue weighted by Crippen LogP contribution is -2.02. The predicted octanol–water partition coefficient (Wildman–Crippen LogP) is 13.6. The molecule has 0 radical (unpaired) electrons. The van der Waals surface area contributed by atoms with Crippen molar-refractivity contribution in [3.8, 4) is 62.1 Å². The number of aromatic nitrogens is 4. The molecule has 4 nitrogen and oxygen atoms in total. The molecule has 4 heteroatoms. The summed E-state index contributed by atoms with van der Waals surface area (Å²) in [4.78, 5) is 15.7. The van der Waals surface area contributed by atoms with Crippen molar-refractivity contribution >= 4 is 43.4 Å². The number of para-hydroxylation sites is 1. The van der Waals surface area contributed by atoms with Gasteiger partial charge < -0.3 is 4.57 Å². The molecular weight excluding hydrogens is 693 g/mol. The lowest BCUT2D eigenvalue weighted by Gasteiger charge is -2.16. The monoisotopic (exact) mass is 726 g/mol. The Bertz CT molecular complexity index is 3280. The quantitative estimate of drug-likeness (QED) is 0.171. The number of rotatable bonds is 6. The number of hydrogen-bond acceptors (Lipinski definition) is 3. The van der Waals surface area contributed by atoms with Crippen molar-refractivity contribution < 1.29 is 0 Å². The third-order valence-electron chi connectivity index (χ3n) is 11.1. The molecule has 0 bridgehead atoms. The molecule has 2 heterocycles. The van der Waals surface area contributed by atoms with Crippen LogP contribution < -0.4 is 0 Å². The molecule has 0 aliphatic carbocycles. The summed E-state index contributed by atoms with van der Waals surface area (Å²) in [5, 5.41) is 7.10. The van der Waals surface area contributed by atoms with Crippen molar-refractivity contribution in [2.45, 2.75) is 0 Å². The summed E-state index contributed by atoms with van der Waals surface area (Å²) < 4.78 is 2.41. The Morgan fingerprint density at radius 2 is 0.807 bits per heavy atom. The highest BCUT2D eigenvalue weighted by Crippen LogP contribution is 2.40. The van der Waals surface area contributed by atoms with Gasteiger partial charge in [-0.15, -0.1) is 0 Å². The van der Waals surface area contributed by atoms with E-state index in [1.165, 1.54) is 38.1 Å². The molecule has 0 atom stereocenters. The van der Waals surface area contributed by atoms with Crippen LogP contribution in [0.3, 0.4) is 0 Å². The van der Waals surface area contributed by atoms with E-state index in [0.717, 1.165) is 49.8 Å². The normalized spacial score (nSPS) is 11.5. The van der Waals surface area contributed by atoms with Crippen molar-refractivity contribution in [2.75, 3.05) is 0 Å². The second kappa shape index (κ2) is 13.6. The van der Waals surface area contributed by atoms with Crippen molar-refractivity contribution in [3.63, 3.8) is 0 Å². The SMILES string of the molecule is c1ccc(-c2ccc(-c3nc(-c4ccccc4-c4ccccc4)nc(-c4ccc(-n5c6ccccc6c6cc7ccccc7cc65)c5ccccc45)n3)cc2)cc1. The first-order chi connectivity index (χ1) is 28.3. The lowest BCUT2D eigenvalue weighted by molar-refractivity contribution is 1.08. The zero-order valence-electron chi connectivity index (χ0n) is 30.9. The van der Waals surface area contributed by atoms with Gasteiger partial charge in [-0.05, 0) is 68.7 Å². The molecule has 0 N–H and O–H groups in total. The maximum Gasteiger partial charge on any atom is 0.164 e. The van der Waals surface area contributed by atoms with Gasteiger partial charge in [0.1, 0.15) is 0 Å². The summed E-state index contributed by atoms with van der Waals surface area (Å²) in [6.45, 7) is 0. The van der Waals surface area contributed by atoms with Gasteiger partial charge in [-0.1, -0.05) is 176 Å². The van der Waals surface area contributed by atoms with Crippen molar-refractivity contribution in [2.24, 2.45) is 0 Å². The first-order valence-corrected chi connectivity index (χ1v) is 19.3. The van der Waals surface area contributed by atoms with Gasteiger partial charge in [0, 0.05) is 32.8 Å². The van der Waals surface area contributed by atoms with Crippen LogP contribution in [0.4, 0.5) is 0 Å². The number of benzene rings is 9. The standard InChI is InChI=1S/C53H34N4/c1-3-15-35(16-4-1)36-27-29-38(30-28-36)51-54-52(45-25-12-9-21-41(45)37-17-5-2-6-18-37)56-53(55-51)46-31-32-49(43-23-11-10-22-42(43)46)57-48-26-14-13-24-44(48)47-33-39-19-7-8-20-40(39)34-50(47)57/h1-34H. The summed E-state index contributed by atoms with van der Waals surface area (Å²) in [6, 6.07) is 72.8. The van der Waals surface area contributed by atoms with E-state index in [-0.39, 0.29) is 0 Å². The maximum atomic E-state index is 5.30. The molecule has 0 spiro atoms. The molecule has 2 aromatic heterocycles. The topological polar surface area (TPSA) is 43.6 Å². The predicted molar refractivity (Wildman–Crippen MR) is 236 cm³/mol. The number of hydrogen-bond donors (Lipinski definition) is 0. The molecule has 11 aromatic rings. The molecule has 0 saturated heterocycles. The second-order valence-electron chi connectivity index (χ2n) is 14.4. The van der Waals surface area contributed by atoms with Gasteiger partial charge in [-0.3, -0.25) is 0 Å². The highest BCUT2D eigenvalue weighted by Gasteiger charge is 2.20. The van der Waals surface area contributed by atoms with Gasteiger partial charge in [0.2, 0.25) is 0 Å². The van der Waals surface area contributed by atoms with E-state index < -0.39 is 0 Å². The van der Waals surface area contributed by atoms with Gasteiger partial charge in [-0.2, -0.15) is 0 Å². The summed E-state index contributed by atoms with van der Waals surface area (Å²) >= 11 is 0. The summed E-state index contributed by atoms with van der Waals surface area (Å²) in [5.74, 6) is 1.88. The summed E-state index contributed by atoms with van der Waals surface area (Å²) in [6.07, 6.45) is 0. The van der Waals surface area contributed by atoms with Crippen molar-refractivity contribution in [3.05, 3.63) is 206 Å². The Balaban J connectivity index is 1.13. The van der Waals surface area contributed by atoms with E-state index in [9.17, 15) is 0 Å². The Labute approximate surface area is 330 Å². The van der Waals surface area contributed by atoms with E-state index in [1.54, 1.807) is 0 Å². The number of fused-ring (bicyclic) bond motifs is 5. The zero-order chi connectivity index (χ0) is 37.7. The molecule has 57 heavy (non-hydrogen) atoms. The van der Waals surface area contributed by atoms with Crippen LogP contribution in [0, 0.1) is 0 Å². The van der Waals surface area contributed by atoms with Crippen LogP contribution in [-0.2, 0) is 0 Å². The zero-order valence-corrected chi connectivity index (χ0v) is 30.9. The van der Waals surface area contributed by atoms with Crippen LogP contribution in [0.15, 0.2) is 206 Å². The van der Waals surface area contributed by atoms with Gasteiger partial charge in [0.15, 0.2) is 17.5 Å². The van der Waals surface area contributed by atoms with Crippen LogP contribution in [0.25, 0.3) is 105 Å². The molecule has 0 fully saturated rings. The molecule has 11 rings (SSSR count). The van der Waals surface area contributed by atoms with E-state index in [1.807, 2.05) is 12.1 Å². The fourth-order valence-electron chi connectivity index (χ4n) is 8.32. The minimum Gasteiger partial charge on any atom is -0.309 e. The minimum atomic E-state index is 0.625. The van der Waals surface area contributed by atoms with Crippen LogP contribution >= 0.6 is 0 Å². The van der Waals surface area contributed by atoms with Crippen molar-refractivity contribution in [1.82, 2.24) is 19.5 Å². The molecule has 0 aliphatic heterocycles. The molecule has 9 aromatic carbocycles. The van der Waals surface area contributed by atoms with E-state index in [4.69, 9.17) is 15.0 Å². The lowest BCUT2D eigenvalue weighted by atomic mass is 9.98. The second-order valence-corrected chi connectivity index (χ2v) is 14.4. The van der Waals surface area contributed by atoms with Crippen LogP contribution in [0.1, 0.15) is 0 Å². The van der Waals surface area contributed by atoms with Crippen LogP contribution in [-0.4, -0.2) is 19.5 Å². The smallest absolute Gasteiger partial charge is 0.164 e. The minimum absolute atomic E-state index is 0.625. The van der Waals surface area contributed by atoms with E-state index in [2.05, 4.69) is 199 Å². The highest BCUT2D eigenvalue weighted by atomic mass is 15.0. The Hall–Kier alpha value is -7.69. The van der Waals surface area contributed by atoms with Crippen LogP contribution in [0.2, 0.25) is 0 Å². The third-order valence-corrected chi connectivity index (χ3v) is 11.1. The molecule has 266 valence electrons. The largest absolute Gasteiger partial charge is 0.309 e. The maximum absolute atomic E-state index is 5.30. The molecule has 0 amide bonds. The Morgan fingerprint density at radius 1 is 0.281 bits per heavy atom. The summed E-state index contributed by atoms with van der Waals surface area (Å²) in [5.41, 5.74) is 10.8. The van der Waals surface area contributed by atoms with Gasteiger partial charge in [0.05, 0.1) is 16.7 Å². The molecular formula is C53H34N4. The first kappa shape index (κ1) is 32.7.